The molecule has 1 aromatic carbocycles. The molecule has 0 spiro atoms. The number of hydrogen-bond acceptors (Lipinski definition) is 6. The third-order valence-electron chi connectivity index (χ3n) is 5.77. The Balaban J connectivity index is 1.74. The lowest BCUT2D eigenvalue weighted by Crippen LogP contribution is -2.55. The molecule has 1 amide bonds. The number of benzene rings is 1. The van der Waals surface area contributed by atoms with E-state index in [2.05, 4.69) is 22.1 Å². The topological polar surface area (TPSA) is 70.6 Å². The zero-order valence-electron chi connectivity index (χ0n) is 16.7. The summed E-state index contributed by atoms with van der Waals surface area (Å²) in [6.45, 7) is 2.07. The number of nitrogens with zero attached hydrogens (tertiary/aromatic N) is 4. The first-order chi connectivity index (χ1) is 13.6. The Kier molecular flexibility index (Phi) is 5.07. The van der Waals surface area contributed by atoms with Crippen LogP contribution in [0, 0.1) is 0 Å². The van der Waals surface area contributed by atoms with Crippen molar-refractivity contribution >= 4 is 29.0 Å². The quantitative estimate of drug-likeness (QED) is 0.851. The molecular formula is C21H27N5O2. The molecule has 148 valence electrons. The minimum Gasteiger partial charge on any atom is -0.495 e. The second-order valence-electron chi connectivity index (χ2n) is 7.39. The number of carbonyl (C=O) groups excluding carboxylic acids is 1. The number of likely N-dealkylation sites (N-methyl/N-ethyl adjacent to an activating group) is 1. The van der Waals surface area contributed by atoms with Gasteiger partial charge in [0.15, 0.2) is 5.82 Å². The Labute approximate surface area is 165 Å². The molecule has 1 aliphatic carbocycles. The Morgan fingerprint density at radius 2 is 2.00 bits per heavy atom. The molecule has 1 atom stereocenters. The van der Waals surface area contributed by atoms with Crippen molar-refractivity contribution < 1.29 is 9.53 Å². The van der Waals surface area contributed by atoms with Crippen LogP contribution >= 0.6 is 0 Å². The largest absolute Gasteiger partial charge is 0.495 e. The SMILES string of the molecule is CCC1C(=O)N(C)c2cnc(Nc3ccccc3OC)nc2N1C1CCCC1. The van der Waals surface area contributed by atoms with Gasteiger partial charge in [0.2, 0.25) is 11.9 Å². The maximum atomic E-state index is 12.9. The van der Waals surface area contributed by atoms with Gasteiger partial charge in [-0.25, -0.2) is 4.98 Å². The molecule has 1 aromatic heterocycles. The first-order valence-electron chi connectivity index (χ1n) is 9.97. The number of carbonyl (C=O) groups is 1. The Morgan fingerprint density at radius 1 is 1.25 bits per heavy atom. The Morgan fingerprint density at radius 3 is 2.71 bits per heavy atom. The highest BCUT2D eigenvalue weighted by Crippen LogP contribution is 2.40. The molecule has 2 aromatic rings. The van der Waals surface area contributed by atoms with Gasteiger partial charge in [0.1, 0.15) is 17.5 Å². The predicted molar refractivity (Wildman–Crippen MR) is 111 cm³/mol. The van der Waals surface area contributed by atoms with Crippen LogP contribution in [-0.4, -0.2) is 42.1 Å². The van der Waals surface area contributed by atoms with Gasteiger partial charge >= 0.3 is 0 Å². The van der Waals surface area contributed by atoms with Crippen LogP contribution in [0.4, 0.5) is 23.1 Å². The molecule has 0 bridgehead atoms. The van der Waals surface area contributed by atoms with Crippen LogP contribution in [0.3, 0.4) is 0 Å². The average Bonchev–Trinajstić information content (AvgIpc) is 3.25. The monoisotopic (exact) mass is 381 g/mol. The van der Waals surface area contributed by atoms with Crippen molar-refractivity contribution in [1.82, 2.24) is 9.97 Å². The van der Waals surface area contributed by atoms with Gasteiger partial charge in [0.05, 0.1) is 19.0 Å². The van der Waals surface area contributed by atoms with Crippen molar-refractivity contribution in [3.63, 3.8) is 0 Å². The maximum Gasteiger partial charge on any atom is 0.249 e. The van der Waals surface area contributed by atoms with Gasteiger partial charge < -0.3 is 19.9 Å². The van der Waals surface area contributed by atoms with E-state index in [0.29, 0.717) is 12.0 Å². The average molecular weight is 381 g/mol. The van der Waals surface area contributed by atoms with Crippen molar-refractivity contribution in [3.05, 3.63) is 30.5 Å². The molecule has 4 rings (SSSR count). The second-order valence-corrected chi connectivity index (χ2v) is 7.39. The number of rotatable bonds is 5. The van der Waals surface area contributed by atoms with Gasteiger partial charge in [-0.05, 0) is 31.4 Å². The fourth-order valence-electron chi connectivity index (χ4n) is 4.31. The van der Waals surface area contributed by atoms with Gasteiger partial charge in [0, 0.05) is 13.1 Å². The normalized spacial score (nSPS) is 19.7. The van der Waals surface area contributed by atoms with Gasteiger partial charge in [-0.15, -0.1) is 0 Å². The minimum atomic E-state index is -0.172. The fraction of sp³-hybridized carbons (Fsp3) is 0.476. The number of anilines is 4. The molecule has 1 saturated carbocycles. The van der Waals surface area contributed by atoms with Crippen molar-refractivity contribution in [3.8, 4) is 5.75 Å². The number of nitrogens with one attached hydrogen (secondary N) is 1. The molecular weight excluding hydrogens is 354 g/mol. The molecule has 1 unspecified atom stereocenters. The van der Waals surface area contributed by atoms with Gasteiger partial charge in [-0.3, -0.25) is 4.79 Å². The van der Waals surface area contributed by atoms with E-state index in [0.717, 1.165) is 42.2 Å². The standard InChI is InChI=1S/C21H27N5O2/c1-4-16-20(27)25(2)17-13-22-21(23-15-11-7-8-12-18(15)28-3)24-19(17)26(16)14-9-5-6-10-14/h7-8,11-14,16H,4-6,9-10H2,1-3H3,(H,22,23,24). The van der Waals surface area contributed by atoms with Crippen LogP contribution in [0.25, 0.3) is 0 Å². The summed E-state index contributed by atoms with van der Waals surface area (Å²) in [5.74, 6) is 2.20. The molecule has 1 aliphatic heterocycles. The van der Waals surface area contributed by atoms with E-state index in [1.165, 1.54) is 12.8 Å². The third-order valence-corrected chi connectivity index (χ3v) is 5.77. The molecule has 0 radical (unpaired) electrons. The molecule has 2 heterocycles. The van der Waals surface area contributed by atoms with Crippen molar-refractivity contribution in [2.75, 3.05) is 29.3 Å². The zero-order valence-corrected chi connectivity index (χ0v) is 16.7. The highest BCUT2D eigenvalue weighted by Gasteiger charge is 2.41. The minimum absolute atomic E-state index is 0.121. The van der Waals surface area contributed by atoms with Crippen molar-refractivity contribution in [1.29, 1.82) is 0 Å². The van der Waals surface area contributed by atoms with E-state index in [4.69, 9.17) is 9.72 Å². The first kappa shape index (κ1) is 18.5. The summed E-state index contributed by atoms with van der Waals surface area (Å²) in [5, 5.41) is 3.27. The summed E-state index contributed by atoms with van der Waals surface area (Å²) in [6, 6.07) is 7.87. The van der Waals surface area contributed by atoms with Crippen LogP contribution in [0.5, 0.6) is 5.75 Å². The van der Waals surface area contributed by atoms with E-state index in [1.54, 1.807) is 18.2 Å². The maximum absolute atomic E-state index is 12.9. The number of aromatic nitrogens is 2. The van der Waals surface area contributed by atoms with E-state index in [-0.39, 0.29) is 11.9 Å². The molecule has 28 heavy (non-hydrogen) atoms. The fourth-order valence-corrected chi connectivity index (χ4v) is 4.31. The zero-order chi connectivity index (χ0) is 19.7. The van der Waals surface area contributed by atoms with Crippen molar-refractivity contribution in [2.45, 2.75) is 51.1 Å². The number of methoxy groups -OCH3 is 1. The molecule has 2 aliphatic rings. The lowest BCUT2D eigenvalue weighted by atomic mass is 10.0. The van der Waals surface area contributed by atoms with Gasteiger partial charge in [0.25, 0.3) is 0 Å². The van der Waals surface area contributed by atoms with E-state index >= 15 is 0 Å². The first-order valence-corrected chi connectivity index (χ1v) is 9.97. The third kappa shape index (κ3) is 3.15. The number of ether oxygens (including phenoxy) is 1. The lowest BCUT2D eigenvalue weighted by Gasteiger charge is -2.43. The predicted octanol–water partition coefficient (Wildman–Crippen LogP) is 3.73. The molecule has 7 heteroatoms. The number of amides is 1. The van der Waals surface area contributed by atoms with Crippen molar-refractivity contribution in [2.24, 2.45) is 0 Å². The smallest absolute Gasteiger partial charge is 0.249 e. The summed E-state index contributed by atoms with van der Waals surface area (Å²) >= 11 is 0. The number of para-hydroxylation sites is 2. The summed E-state index contributed by atoms with van der Waals surface area (Å²) in [4.78, 5) is 26.2. The summed E-state index contributed by atoms with van der Waals surface area (Å²) in [6.07, 6.45) is 7.12. The van der Waals surface area contributed by atoms with E-state index < -0.39 is 0 Å². The van der Waals surface area contributed by atoms with Crippen LogP contribution in [0.15, 0.2) is 30.5 Å². The Bertz CT molecular complexity index is 866. The Hall–Kier alpha value is -2.83. The number of fused-ring (bicyclic) bond motifs is 1. The van der Waals surface area contributed by atoms with Crippen LogP contribution in [-0.2, 0) is 4.79 Å². The molecule has 0 saturated heterocycles. The highest BCUT2D eigenvalue weighted by atomic mass is 16.5. The van der Waals surface area contributed by atoms with Crippen LogP contribution in [0.1, 0.15) is 39.0 Å². The van der Waals surface area contributed by atoms with E-state index in [1.807, 2.05) is 31.3 Å². The molecule has 1 N–H and O–H groups in total. The van der Waals surface area contributed by atoms with Crippen LogP contribution < -0.4 is 19.9 Å². The highest BCUT2D eigenvalue weighted by molar-refractivity contribution is 6.04. The molecule has 1 fully saturated rings. The lowest BCUT2D eigenvalue weighted by molar-refractivity contribution is -0.120. The molecule has 7 nitrogen and oxygen atoms in total. The van der Waals surface area contributed by atoms with Gasteiger partial charge in [-0.1, -0.05) is 31.9 Å². The summed E-state index contributed by atoms with van der Waals surface area (Å²) in [7, 11) is 3.45. The summed E-state index contributed by atoms with van der Waals surface area (Å²) in [5.41, 5.74) is 1.58. The van der Waals surface area contributed by atoms with E-state index in [9.17, 15) is 4.79 Å². The second kappa shape index (κ2) is 7.66. The summed E-state index contributed by atoms with van der Waals surface area (Å²) < 4.78 is 5.42. The van der Waals surface area contributed by atoms with Gasteiger partial charge in [-0.2, -0.15) is 4.98 Å². The number of hydrogen-bond donors (Lipinski definition) is 1. The van der Waals surface area contributed by atoms with Crippen LogP contribution in [0.2, 0.25) is 0 Å².